The van der Waals surface area contributed by atoms with Gasteiger partial charge in [-0.3, -0.25) is 4.79 Å². The minimum atomic E-state index is -4.75. The van der Waals surface area contributed by atoms with Crippen molar-refractivity contribution in [3.8, 4) is 0 Å². The van der Waals surface area contributed by atoms with E-state index in [-0.39, 0.29) is 5.56 Å². The Bertz CT molecular complexity index is 426. The molecule has 0 aliphatic carbocycles. The van der Waals surface area contributed by atoms with Crippen LogP contribution in [0.25, 0.3) is 0 Å². The van der Waals surface area contributed by atoms with Gasteiger partial charge in [0.25, 0.3) is 5.91 Å². The number of aryl methyl sites for hydroxylation is 1. The van der Waals surface area contributed by atoms with E-state index in [1.54, 1.807) is 13.0 Å². The first-order valence-corrected chi connectivity index (χ1v) is 5.10. The number of nitrogen functional groups attached to an aromatic ring is 1. The maximum Gasteiger partial charge on any atom is 0.416 e. The number of alkyl halides is 3. The maximum atomic E-state index is 12.0. The number of anilines is 1. The van der Waals surface area contributed by atoms with Crippen LogP contribution in [0.5, 0.6) is 0 Å². The number of carbonyl (C=O) groups excluding carboxylic acids is 1. The molecule has 0 saturated heterocycles. The van der Waals surface area contributed by atoms with Gasteiger partial charge in [-0.05, 0) is 30.7 Å². The standard InChI is InChI=1S/C11H13F3N2O2/c1-6-2-7(4-8(15)3-6)10(18)16-5-9(17)11(12,13)14/h2-4,9,17H,5,15H2,1H3,(H,16,18). The molecule has 0 aliphatic rings. The van der Waals surface area contributed by atoms with E-state index in [1.165, 1.54) is 12.1 Å². The van der Waals surface area contributed by atoms with Crippen molar-refractivity contribution in [2.45, 2.75) is 19.2 Å². The van der Waals surface area contributed by atoms with Gasteiger partial charge in [0.05, 0.1) is 6.54 Å². The Morgan fingerprint density at radius 2 is 2.06 bits per heavy atom. The number of hydrogen-bond acceptors (Lipinski definition) is 3. The summed E-state index contributed by atoms with van der Waals surface area (Å²) in [5, 5.41) is 10.7. The minimum absolute atomic E-state index is 0.155. The first kappa shape index (κ1) is 14.3. The van der Waals surface area contributed by atoms with Gasteiger partial charge in [0.15, 0.2) is 6.10 Å². The predicted molar refractivity (Wildman–Crippen MR) is 60.0 cm³/mol. The molecule has 4 nitrogen and oxygen atoms in total. The van der Waals surface area contributed by atoms with E-state index in [2.05, 4.69) is 0 Å². The van der Waals surface area contributed by atoms with Crippen molar-refractivity contribution in [3.05, 3.63) is 29.3 Å². The monoisotopic (exact) mass is 262 g/mol. The summed E-state index contributed by atoms with van der Waals surface area (Å²) < 4.78 is 36.0. The topological polar surface area (TPSA) is 75.4 Å². The minimum Gasteiger partial charge on any atom is -0.399 e. The van der Waals surface area contributed by atoms with Gasteiger partial charge in [0.1, 0.15) is 0 Å². The second-order valence-corrected chi connectivity index (χ2v) is 3.90. The van der Waals surface area contributed by atoms with Crippen LogP contribution in [-0.2, 0) is 0 Å². The van der Waals surface area contributed by atoms with Crippen LogP contribution < -0.4 is 11.1 Å². The van der Waals surface area contributed by atoms with Gasteiger partial charge in [-0.2, -0.15) is 13.2 Å². The molecule has 0 fully saturated rings. The fourth-order valence-electron chi connectivity index (χ4n) is 1.35. The summed E-state index contributed by atoms with van der Waals surface area (Å²) in [6.07, 6.45) is -7.33. The Labute approximate surface area is 102 Å². The lowest BCUT2D eigenvalue weighted by Crippen LogP contribution is -2.40. The second kappa shape index (κ2) is 5.26. The average Bonchev–Trinajstić information content (AvgIpc) is 2.22. The van der Waals surface area contributed by atoms with Crippen molar-refractivity contribution in [2.75, 3.05) is 12.3 Å². The number of hydrogen-bond donors (Lipinski definition) is 3. The number of amides is 1. The number of carbonyl (C=O) groups is 1. The lowest BCUT2D eigenvalue weighted by molar-refractivity contribution is -0.201. The summed E-state index contributed by atoms with van der Waals surface area (Å²) in [6, 6.07) is 4.47. The number of nitrogens with one attached hydrogen (secondary N) is 1. The number of aliphatic hydroxyl groups is 1. The van der Waals surface area contributed by atoms with E-state index >= 15 is 0 Å². The molecule has 1 unspecified atom stereocenters. The zero-order chi connectivity index (χ0) is 13.9. The van der Waals surface area contributed by atoms with E-state index in [0.29, 0.717) is 5.69 Å². The highest BCUT2D eigenvalue weighted by atomic mass is 19.4. The van der Waals surface area contributed by atoms with Gasteiger partial charge >= 0.3 is 6.18 Å². The van der Waals surface area contributed by atoms with Crippen LogP contribution >= 0.6 is 0 Å². The average molecular weight is 262 g/mol. The quantitative estimate of drug-likeness (QED) is 0.717. The van der Waals surface area contributed by atoms with E-state index in [4.69, 9.17) is 10.8 Å². The van der Waals surface area contributed by atoms with Crippen molar-refractivity contribution in [2.24, 2.45) is 0 Å². The normalized spacial score (nSPS) is 13.2. The van der Waals surface area contributed by atoms with Gasteiger partial charge < -0.3 is 16.2 Å². The Balaban J connectivity index is 2.66. The Morgan fingerprint density at radius 1 is 1.44 bits per heavy atom. The zero-order valence-corrected chi connectivity index (χ0v) is 9.58. The molecule has 1 amide bonds. The van der Waals surface area contributed by atoms with Crippen molar-refractivity contribution in [3.63, 3.8) is 0 Å². The van der Waals surface area contributed by atoms with Crippen LogP contribution in [0.15, 0.2) is 18.2 Å². The van der Waals surface area contributed by atoms with Crippen molar-refractivity contribution in [1.29, 1.82) is 0 Å². The molecule has 0 aromatic heterocycles. The molecular formula is C11H13F3N2O2. The molecule has 0 aliphatic heterocycles. The van der Waals surface area contributed by atoms with Crippen molar-refractivity contribution < 1.29 is 23.1 Å². The number of nitrogens with two attached hydrogens (primary N) is 1. The molecule has 0 bridgehead atoms. The molecule has 0 radical (unpaired) electrons. The van der Waals surface area contributed by atoms with Gasteiger partial charge in [-0.1, -0.05) is 0 Å². The number of aliphatic hydroxyl groups excluding tert-OH is 1. The number of benzene rings is 1. The third-order valence-electron chi connectivity index (χ3n) is 2.20. The highest BCUT2D eigenvalue weighted by Gasteiger charge is 2.38. The van der Waals surface area contributed by atoms with E-state index < -0.39 is 24.7 Å². The van der Waals surface area contributed by atoms with Crippen LogP contribution in [0.1, 0.15) is 15.9 Å². The fraction of sp³-hybridized carbons (Fsp3) is 0.364. The van der Waals surface area contributed by atoms with E-state index in [9.17, 15) is 18.0 Å². The number of rotatable bonds is 3. The molecule has 0 heterocycles. The molecule has 7 heteroatoms. The molecule has 100 valence electrons. The molecule has 1 aromatic carbocycles. The maximum absolute atomic E-state index is 12.0. The Hall–Kier alpha value is -1.76. The van der Waals surface area contributed by atoms with Crippen molar-refractivity contribution in [1.82, 2.24) is 5.32 Å². The summed E-state index contributed by atoms with van der Waals surface area (Å²) in [5.74, 6) is -0.714. The van der Waals surface area contributed by atoms with Crippen LogP contribution in [0.4, 0.5) is 18.9 Å². The zero-order valence-electron chi connectivity index (χ0n) is 9.58. The number of halogens is 3. The fourth-order valence-corrected chi connectivity index (χ4v) is 1.35. The van der Waals surface area contributed by atoms with Crippen LogP contribution in [0.2, 0.25) is 0 Å². The smallest absolute Gasteiger partial charge is 0.399 e. The van der Waals surface area contributed by atoms with Crippen molar-refractivity contribution >= 4 is 11.6 Å². The lowest BCUT2D eigenvalue weighted by atomic mass is 10.1. The first-order chi connectivity index (χ1) is 8.20. The molecule has 1 rings (SSSR count). The molecule has 1 aromatic rings. The lowest BCUT2D eigenvalue weighted by Gasteiger charge is -2.15. The third kappa shape index (κ3) is 3.92. The second-order valence-electron chi connectivity index (χ2n) is 3.90. The Morgan fingerprint density at radius 3 is 2.56 bits per heavy atom. The van der Waals surface area contributed by atoms with Gasteiger partial charge in [0, 0.05) is 11.3 Å². The van der Waals surface area contributed by atoms with Gasteiger partial charge in [0.2, 0.25) is 0 Å². The summed E-state index contributed by atoms with van der Waals surface area (Å²) in [6.45, 7) is 0.813. The molecule has 18 heavy (non-hydrogen) atoms. The van der Waals surface area contributed by atoms with Crippen LogP contribution in [0.3, 0.4) is 0 Å². The van der Waals surface area contributed by atoms with E-state index in [1.807, 2.05) is 5.32 Å². The molecule has 4 N–H and O–H groups in total. The van der Waals surface area contributed by atoms with E-state index in [0.717, 1.165) is 5.56 Å². The van der Waals surface area contributed by atoms with Crippen LogP contribution in [0, 0.1) is 6.92 Å². The summed E-state index contributed by atoms with van der Waals surface area (Å²) in [7, 11) is 0. The summed E-state index contributed by atoms with van der Waals surface area (Å²) >= 11 is 0. The SMILES string of the molecule is Cc1cc(N)cc(C(=O)NCC(O)C(F)(F)F)c1. The molecule has 0 spiro atoms. The van der Waals surface area contributed by atoms with Gasteiger partial charge in [-0.15, -0.1) is 0 Å². The Kier molecular flexibility index (Phi) is 4.18. The first-order valence-electron chi connectivity index (χ1n) is 5.10. The summed E-state index contributed by atoms with van der Waals surface area (Å²) in [4.78, 5) is 11.5. The predicted octanol–water partition coefficient (Wildman–Crippen LogP) is 1.23. The molecule has 0 saturated carbocycles. The summed E-state index contributed by atoms with van der Waals surface area (Å²) in [5.41, 5.74) is 6.73. The third-order valence-corrected chi connectivity index (χ3v) is 2.20. The largest absolute Gasteiger partial charge is 0.416 e. The molecule has 1 atom stereocenters. The van der Waals surface area contributed by atoms with Crippen LogP contribution in [-0.4, -0.2) is 29.8 Å². The highest BCUT2D eigenvalue weighted by molar-refractivity contribution is 5.95. The molecular weight excluding hydrogens is 249 g/mol. The van der Waals surface area contributed by atoms with Gasteiger partial charge in [-0.25, -0.2) is 0 Å². The highest BCUT2D eigenvalue weighted by Crippen LogP contribution is 2.19.